The zero-order valence-electron chi connectivity index (χ0n) is 56.9. The number of esters is 2. The highest BCUT2D eigenvalue weighted by atomic mass is 31.2. The Balaban J connectivity index is 4.11. The number of quaternary nitrogens is 1. The normalized spacial score (nSPS) is 14.1. The van der Waals surface area contributed by atoms with Crippen molar-refractivity contribution in [1.82, 2.24) is 0 Å². The molecule has 0 rings (SSSR count). The van der Waals surface area contributed by atoms with Gasteiger partial charge >= 0.3 is 19.8 Å². The first-order valence-corrected chi connectivity index (χ1v) is 36.7. The minimum Gasteiger partial charge on any atom is -0.462 e. The third kappa shape index (κ3) is 70.7. The van der Waals surface area contributed by atoms with Crippen molar-refractivity contribution in [3.63, 3.8) is 0 Å². The van der Waals surface area contributed by atoms with E-state index in [9.17, 15) is 19.0 Å². The maximum atomic E-state index is 12.9. The highest BCUT2D eigenvalue weighted by Crippen LogP contribution is 2.43. The standard InChI is InChI=1S/C78H130NO8P/c1-6-8-10-12-14-16-18-20-22-24-26-28-30-32-34-36-37-38-39-40-41-43-44-46-48-50-52-54-56-58-60-62-64-66-68-70-77(80)84-74-76(75-86-88(82,83)85-73-72-79(3,4)5)87-78(81)71-69-67-65-63-61-59-57-55-53-51-49-47-45-42-35-33-31-29-27-25-23-21-19-17-15-13-11-9-7-2/h8-11,14-17,20-23,26-29,32-35,45,47,51,53,57,59,76H,6-7,12-13,18-19,24-25,30-31,36-44,46,48-50,52,54-56,58,60-75H2,1-5H3/p+1/b10-8-,11-9-,16-14-,17-15-,22-20-,23-21-,28-26-,29-27-,34-32-,35-33-,47-45-,53-51-,59-57-. The number of phosphoric ester groups is 1. The van der Waals surface area contributed by atoms with Crippen LogP contribution >= 0.6 is 7.82 Å². The number of carbonyl (C=O) groups is 2. The van der Waals surface area contributed by atoms with Gasteiger partial charge < -0.3 is 18.9 Å². The smallest absolute Gasteiger partial charge is 0.462 e. The molecule has 2 unspecified atom stereocenters. The van der Waals surface area contributed by atoms with Crippen LogP contribution in [0, 0.1) is 0 Å². The average molecular weight is 1240 g/mol. The molecule has 0 aliphatic carbocycles. The molecule has 500 valence electrons. The van der Waals surface area contributed by atoms with E-state index in [1.807, 2.05) is 21.1 Å². The van der Waals surface area contributed by atoms with Crippen LogP contribution < -0.4 is 0 Å². The Morgan fingerprint density at radius 2 is 0.614 bits per heavy atom. The van der Waals surface area contributed by atoms with Gasteiger partial charge in [-0.15, -0.1) is 0 Å². The van der Waals surface area contributed by atoms with Crippen molar-refractivity contribution in [3.05, 3.63) is 158 Å². The number of nitrogens with zero attached hydrogens (tertiary/aromatic N) is 1. The Morgan fingerprint density at radius 1 is 0.352 bits per heavy atom. The lowest BCUT2D eigenvalue weighted by molar-refractivity contribution is -0.870. The first-order chi connectivity index (χ1) is 43.0. The third-order valence-corrected chi connectivity index (χ3v) is 15.5. The fourth-order valence-electron chi connectivity index (χ4n) is 9.24. The second-order valence-corrected chi connectivity index (χ2v) is 25.6. The molecule has 0 radical (unpaired) electrons. The molecule has 0 aromatic heterocycles. The van der Waals surface area contributed by atoms with Crippen LogP contribution in [0.15, 0.2) is 158 Å². The minimum atomic E-state index is -4.41. The van der Waals surface area contributed by atoms with Gasteiger partial charge in [0.15, 0.2) is 6.10 Å². The van der Waals surface area contributed by atoms with Crippen LogP contribution in [0.5, 0.6) is 0 Å². The lowest BCUT2D eigenvalue weighted by Crippen LogP contribution is -2.37. The van der Waals surface area contributed by atoms with Crippen molar-refractivity contribution in [1.29, 1.82) is 0 Å². The number of allylic oxidation sites excluding steroid dienone is 26. The van der Waals surface area contributed by atoms with Gasteiger partial charge in [0, 0.05) is 12.8 Å². The van der Waals surface area contributed by atoms with Gasteiger partial charge in [-0.2, -0.15) is 0 Å². The average Bonchev–Trinajstić information content (AvgIpc) is 3.68. The summed E-state index contributed by atoms with van der Waals surface area (Å²) < 4.78 is 34.7. The predicted octanol–water partition coefficient (Wildman–Crippen LogP) is 23.2. The number of rotatable bonds is 63. The van der Waals surface area contributed by atoms with E-state index in [-0.39, 0.29) is 32.0 Å². The zero-order chi connectivity index (χ0) is 64.1. The summed E-state index contributed by atoms with van der Waals surface area (Å²) in [5.41, 5.74) is 0. The summed E-state index contributed by atoms with van der Waals surface area (Å²) in [7, 11) is 1.44. The Bertz CT molecular complexity index is 2040. The van der Waals surface area contributed by atoms with E-state index >= 15 is 0 Å². The molecule has 0 saturated carbocycles. The highest BCUT2D eigenvalue weighted by Gasteiger charge is 2.27. The van der Waals surface area contributed by atoms with Gasteiger partial charge in [0.05, 0.1) is 27.7 Å². The topological polar surface area (TPSA) is 108 Å². The maximum absolute atomic E-state index is 12.9. The van der Waals surface area contributed by atoms with Gasteiger partial charge in [0.25, 0.3) is 0 Å². The molecule has 2 atom stereocenters. The number of ether oxygens (including phenoxy) is 2. The zero-order valence-corrected chi connectivity index (χ0v) is 57.8. The molecule has 0 aromatic rings. The first kappa shape index (κ1) is 83.6. The Kier molecular flexibility index (Phi) is 63.7. The molecule has 0 aliphatic heterocycles. The molecule has 0 aromatic carbocycles. The number of phosphoric acid groups is 1. The van der Waals surface area contributed by atoms with Crippen LogP contribution in [-0.2, 0) is 32.7 Å². The van der Waals surface area contributed by atoms with E-state index in [1.54, 1.807) is 0 Å². The number of unbranched alkanes of at least 4 members (excludes halogenated alkanes) is 23. The van der Waals surface area contributed by atoms with Crippen LogP contribution in [0.25, 0.3) is 0 Å². The van der Waals surface area contributed by atoms with Gasteiger partial charge in [0.1, 0.15) is 19.8 Å². The fourth-order valence-corrected chi connectivity index (χ4v) is 9.98. The number of hydrogen-bond acceptors (Lipinski definition) is 7. The summed E-state index contributed by atoms with van der Waals surface area (Å²) in [6.45, 7) is 4.18. The minimum absolute atomic E-state index is 0.0192. The Hall–Kier alpha value is -4.37. The summed E-state index contributed by atoms with van der Waals surface area (Å²) in [5, 5.41) is 0. The molecular formula is C78H131NO8P+. The van der Waals surface area contributed by atoms with E-state index in [4.69, 9.17) is 18.5 Å². The monoisotopic (exact) mass is 1240 g/mol. The van der Waals surface area contributed by atoms with Crippen LogP contribution in [-0.4, -0.2) is 74.9 Å². The summed E-state index contributed by atoms with van der Waals surface area (Å²) in [5.74, 6) is -0.830. The SMILES string of the molecule is CC/C=C\C/C=C\C/C=C\C/C=C\C/C=C\C/C=C\C/C=C\C/C=C\CCCCCCC(=O)OC(COC(=O)CCCCCCCCCCCCCCCCCCCCC/C=C\C/C=C\C/C=C\C/C=C\C/C=C\CC)COP(=O)(O)OCC[N+](C)(C)C. The summed E-state index contributed by atoms with van der Waals surface area (Å²) >= 11 is 0. The second kappa shape index (κ2) is 67.0. The lowest BCUT2D eigenvalue weighted by atomic mass is 10.0. The predicted molar refractivity (Wildman–Crippen MR) is 380 cm³/mol. The fraction of sp³-hybridized carbons (Fsp3) is 0.641. The Labute approximate surface area is 541 Å². The lowest BCUT2D eigenvalue weighted by Gasteiger charge is -2.24. The van der Waals surface area contributed by atoms with E-state index in [1.165, 1.54) is 109 Å². The van der Waals surface area contributed by atoms with E-state index < -0.39 is 26.5 Å². The summed E-state index contributed by atoms with van der Waals surface area (Å²) in [6.07, 6.45) is 101. The van der Waals surface area contributed by atoms with Gasteiger partial charge in [-0.1, -0.05) is 294 Å². The van der Waals surface area contributed by atoms with Crippen LogP contribution in [0.1, 0.15) is 271 Å². The molecule has 0 amide bonds. The van der Waals surface area contributed by atoms with Crippen molar-refractivity contribution in [2.75, 3.05) is 47.5 Å². The molecule has 0 bridgehead atoms. The maximum Gasteiger partial charge on any atom is 0.472 e. The first-order valence-electron chi connectivity index (χ1n) is 35.2. The third-order valence-electron chi connectivity index (χ3n) is 14.6. The van der Waals surface area contributed by atoms with Gasteiger partial charge in [-0.05, 0) is 122 Å². The molecular weight excluding hydrogens is 1110 g/mol. The van der Waals surface area contributed by atoms with Crippen molar-refractivity contribution in [2.24, 2.45) is 0 Å². The van der Waals surface area contributed by atoms with Crippen molar-refractivity contribution >= 4 is 19.8 Å². The summed E-state index contributed by atoms with van der Waals surface area (Å²) in [4.78, 5) is 35.9. The van der Waals surface area contributed by atoms with Crippen LogP contribution in [0.4, 0.5) is 0 Å². The number of carbonyl (C=O) groups excluding carboxylic acids is 2. The van der Waals surface area contributed by atoms with Crippen LogP contribution in [0.3, 0.4) is 0 Å². The number of hydrogen-bond donors (Lipinski definition) is 1. The van der Waals surface area contributed by atoms with E-state index in [0.717, 1.165) is 128 Å². The molecule has 0 aliphatic rings. The molecule has 10 heteroatoms. The van der Waals surface area contributed by atoms with Gasteiger partial charge in [-0.3, -0.25) is 18.6 Å². The highest BCUT2D eigenvalue weighted by molar-refractivity contribution is 7.47. The van der Waals surface area contributed by atoms with Crippen LogP contribution in [0.2, 0.25) is 0 Å². The molecule has 0 heterocycles. The quantitative estimate of drug-likeness (QED) is 0.0211. The largest absolute Gasteiger partial charge is 0.472 e. The van der Waals surface area contributed by atoms with E-state index in [2.05, 4.69) is 172 Å². The molecule has 0 saturated heterocycles. The summed E-state index contributed by atoms with van der Waals surface area (Å²) in [6, 6.07) is 0. The molecule has 0 spiro atoms. The van der Waals surface area contributed by atoms with Gasteiger partial charge in [-0.25, -0.2) is 4.57 Å². The van der Waals surface area contributed by atoms with E-state index in [0.29, 0.717) is 17.4 Å². The van der Waals surface area contributed by atoms with Crippen molar-refractivity contribution in [3.8, 4) is 0 Å². The second-order valence-electron chi connectivity index (χ2n) is 24.2. The molecule has 1 N–H and O–H groups in total. The Morgan fingerprint density at radius 3 is 0.909 bits per heavy atom. The van der Waals surface area contributed by atoms with Crippen molar-refractivity contribution < 1.29 is 42.1 Å². The molecule has 9 nitrogen and oxygen atoms in total. The van der Waals surface area contributed by atoms with Crippen molar-refractivity contribution in [2.45, 2.75) is 277 Å². The van der Waals surface area contributed by atoms with Gasteiger partial charge in [0.2, 0.25) is 0 Å². The molecule has 88 heavy (non-hydrogen) atoms. The number of likely N-dealkylation sites (N-methyl/N-ethyl adjacent to an activating group) is 1. The molecule has 0 fully saturated rings.